The van der Waals surface area contributed by atoms with Gasteiger partial charge in [-0.2, -0.15) is 18.3 Å². The molecule has 2 bridgehead atoms. The number of halogens is 3. The Hall–Kier alpha value is -2.88. The van der Waals surface area contributed by atoms with Crippen molar-refractivity contribution in [3.63, 3.8) is 0 Å². The van der Waals surface area contributed by atoms with E-state index in [2.05, 4.69) is 10.4 Å². The van der Waals surface area contributed by atoms with E-state index >= 15 is 0 Å². The first-order valence-electron chi connectivity index (χ1n) is 10.0. The summed E-state index contributed by atoms with van der Waals surface area (Å²) in [5.41, 5.74) is 0.176. The minimum atomic E-state index is -4.56. The van der Waals surface area contributed by atoms with E-state index in [1.54, 1.807) is 31.2 Å². The highest BCUT2D eigenvalue weighted by molar-refractivity contribution is 5.95. The lowest BCUT2D eigenvalue weighted by Crippen LogP contribution is -2.36. The zero-order chi connectivity index (χ0) is 22.3. The van der Waals surface area contributed by atoms with Crippen molar-refractivity contribution in [2.24, 2.45) is 13.0 Å². The molecule has 3 heterocycles. The van der Waals surface area contributed by atoms with Gasteiger partial charge in [-0.05, 0) is 50.1 Å². The first-order chi connectivity index (χ1) is 14.7. The number of anilines is 1. The van der Waals surface area contributed by atoms with Gasteiger partial charge in [-0.3, -0.25) is 9.48 Å². The van der Waals surface area contributed by atoms with Crippen LogP contribution in [0.25, 0.3) is 0 Å². The van der Waals surface area contributed by atoms with E-state index in [1.165, 1.54) is 11.7 Å². The van der Waals surface area contributed by atoms with Gasteiger partial charge in [0, 0.05) is 24.3 Å². The number of carbonyl (C=O) groups excluding carboxylic acids is 2. The fourth-order valence-corrected chi connectivity index (χ4v) is 4.45. The van der Waals surface area contributed by atoms with Gasteiger partial charge in [0.25, 0.3) is 0 Å². The van der Waals surface area contributed by atoms with E-state index < -0.39 is 29.7 Å². The molecule has 1 N–H and O–H groups in total. The third-order valence-electron chi connectivity index (χ3n) is 5.79. The lowest BCUT2D eigenvalue weighted by molar-refractivity contribution is -0.141. The first kappa shape index (κ1) is 21.4. The van der Waals surface area contributed by atoms with Crippen molar-refractivity contribution in [2.75, 3.05) is 11.9 Å². The number of amides is 1. The van der Waals surface area contributed by atoms with Gasteiger partial charge in [-0.1, -0.05) is 0 Å². The second-order valence-electron chi connectivity index (χ2n) is 7.70. The molecule has 7 nitrogen and oxygen atoms in total. The number of aromatic nitrogens is 2. The van der Waals surface area contributed by atoms with Crippen LogP contribution in [0.2, 0.25) is 0 Å². The summed E-state index contributed by atoms with van der Waals surface area (Å²) < 4.78 is 51.4. The van der Waals surface area contributed by atoms with Gasteiger partial charge in [0.1, 0.15) is 0 Å². The Bertz CT molecular complexity index is 987. The molecule has 2 aliphatic heterocycles. The summed E-state index contributed by atoms with van der Waals surface area (Å²) >= 11 is 0. The van der Waals surface area contributed by atoms with Crippen LogP contribution >= 0.6 is 0 Å². The highest BCUT2D eigenvalue weighted by Crippen LogP contribution is 2.49. The van der Waals surface area contributed by atoms with Crippen molar-refractivity contribution in [1.82, 2.24) is 9.78 Å². The van der Waals surface area contributed by atoms with Crippen molar-refractivity contribution >= 4 is 17.6 Å². The molecule has 1 aromatic carbocycles. The Morgan fingerprint density at radius 1 is 1.23 bits per heavy atom. The summed E-state index contributed by atoms with van der Waals surface area (Å²) in [5, 5.41) is 6.39. The third kappa shape index (κ3) is 4.04. The average molecular weight is 437 g/mol. The number of fused-ring (bicyclic) bond motifs is 2. The Morgan fingerprint density at radius 3 is 2.52 bits per heavy atom. The monoisotopic (exact) mass is 437 g/mol. The molecule has 0 aliphatic carbocycles. The predicted octanol–water partition coefficient (Wildman–Crippen LogP) is 3.52. The van der Waals surface area contributed by atoms with E-state index in [0.29, 0.717) is 29.8 Å². The Kier molecular flexibility index (Phi) is 5.50. The SMILES string of the molecule is CCOC(=O)c1ccc(NC(=O)[C@@H]2C3CC[C@H](O3)[C@H]2c2cc(C(F)(F)F)nn2C)cc1. The highest BCUT2D eigenvalue weighted by atomic mass is 19.4. The molecule has 0 spiro atoms. The maximum atomic E-state index is 13.1. The summed E-state index contributed by atoms with van der Waals surface area (Å²) in [5.74, 6) is -1.96. The van der Waals surface area contributed by atoms with Gasteiger partial charge < -0.3 is 14.8 Å². The fraction of sp³-hybridized carbons (Fsp3) is 0.476. The molecular formula is C21H22F3N3O4. The normalized spacial score (nSPS) is 24.9. The number of esters is 1. The van der Waals surface area contributed by atoms with Crippen LogP contribution in [0, 0.1) is 5.92 Å². The Labute approximate surface area is 176 Å². The standard InChI is InChI=1S/C21H22F3N3O4/c1-3-30-20(29)11-4-6-12(7-5-11)25-19(28)18-15-9-8-14(31-15)17(18)13-10-16(21(22,23)24)26-27(13)2/h4-7,10,14-15,17-18H,3,8-9H2,1-2H3,(H,25,28)/t14-,15?,17+,18+/m0/s1. The van der Waals surface area contributed by atoms with Crippen molar-refractivity contribution < 1.29 is 32.2 Å². The second kappa shape index (κ2) is 7.99. The van der Waals surface area contributed by atoms with E-state index in [1.807, 2.05) is 0 Å². The number of carbonyl (C=O) groups is 2. The number of aryl methyl sites for hydroxylation is 1. The van der Waals surface area contributed by atoms with Crippen LogP contribution < -0.4 is 5.32 Å². The molecule has 4 rings (SSSR count). The number of benzene rings is 1. The minimum absolute atomic E-state index is 0.257. The largest absolute Gasteiger partial charge is 0.462 e. The first-order valence-corrected chi connectivity index (χ1v) is 10.0. The molecule has 2 saturated heterocycles. The van der Waals surface area contributed by atoms with E-state index in [4.69, 9.17) is 9.47 Å². The second-order valence-corrected chi connectivity index (χ2v) is 7.70. The van der Waals surface area contributed by atoms with Gasteiger partial charge in [0.05, 0.1) is 30.3 Å². The minimum Gasteiger partial charge on any atom is -0.462 e. The molecule has 2 aromatic rings. The van der Waals surface area contributed by atoms with Crippen LogP contribution in [0.3, 0.4) is 0 Å². The summed E-state index contributed by atoms with van der Waals surface area (Å²) in [6, 6.07) is 7.25. The number of nitrogens with zero attached hydrogens (tertiary/aromatic N) is 2. The third-order valence-corrected chi connectivity index (χ3v) is 5.79. The number of alkyl halides is 3. The van der Waals surface area contributed by atoms with Crippen LogP contribution in [-0.2, 0) is 27.5 Å². The molecule has 0 radical (unpaired) electrons. The van der Waals surface area contributed by atoms with E-state index in [9.17, 15) is 22.8 Å². The molecule has 1 amide bonds. The number of ether oxygens (including phenoxy) is 2. The lowest BCUT2D eigenvalue weighted by Gasteiger charge is -2.27. The molecule has 0 saturated carbocycles. The predicted molar refractivity (Wildman–Crippen MR) is 103 cm³/mol. The van der Waals surface area contributed by atoms with Gasteiger partial charge in [0.2, 0.25) is 5.91 Å². The van der Waals surface area contributed by atoms with Gasteiger partial charge in [0.15, 0.2) is 5.69 Å². The van der Waals surface area contributed by atoms with E-state index in [0.717, 1.165) is 6.07 Å². The quantitative estimate of drug-likeness (QED) is 0.724. The molecule has 166 valence electrons. The van der Waals surface area contributed by atoms with Crippen molar-refractivity contribution in [2.45, 2.75) is 44.1 Å². The summed E-state index contributed by atoms with van der Waals surface area (Å²) in [6.45, 7) is 1.97. The number of hydrogen-bond donors (Lipinski definition) is 1. The van der Waals surface area contributed by atoms with Crippen LogP contribution in [0.1, 0.15) is 47.4 Å². The van der Waals surface area contributed by atoms with E-state index in [-0.39, 0.29) is 24.7 Å². The molecule has 10 heteroatoms. The number of rotatable bonds is 5. The Balaban J connectivity index is 1.54. The zero-order valence-corrected chi connectivity index (χ0v) is 17.0. The zero-order valence-electron chi connectivity index (χ0n) is 17.0. The van der Waals surface area contributed by atoms with Gasteiger partial charge >= 0.3 is 12.1 Å². The Morgan fingerprint density at radius 2 is 1.90 bits per heavy atom. The molecule has 1 aromatic heterocycles. The summed E-state index contributed by atoms with van der Waals surface area (Å²) in [7, 11) is 1.44. The molecule has 1 unspecified atom stereocenters. The highest BCUT2D eigenvalue weighted by Gasteiger charge is 2.54. The van der Waals surface area contributed by atoms with Crippen molar-refractivity contribution in [1.29, 1.82) is 0 Å². The van der Waals surface area contributed by atoms with Crippen LogP contribution in [0.5, 0.6) is 0 Å². The van der Waals surface area contributed by atoms with Crippen molar-refractivity contribution in [3.05, 3.63) is 47.3 Å². The molecular weight excluding hydrogens is 415 g/mol. The topological polar surface area (TPSA) is 82.4 Å². The summed E-state index contributed by atoms with van der Waals surface area (Å²) in [6.07, 6.45) is -3.90. The molecule has 2 aliphatic rings. The number of nitrogens with one attached hydrogen (secondary N) is 1. The summed E-state index contributed by atoms with van der Waals surface area (Å²) in [4.78, 5) is 24.9. The molecule has 4 atom stereocenters. The lowest BCUT2D eigenvalue weighted by atomic mass is 9.76. The van der Waals surface area contributed by atoms with Gasteiger partial charge in [-0.15, -0.1) is 0 Å². The average Bonchev–Trinajstić information content (AvgIpc) is 3.42. The van der Waals surface area contributed by atoms with Crippen LogP contribution in [0.15, 0.2) is 30.3 Å². The van der Waals surface area contributed by atoms with Crippen LogP contribution in [-0.4, -0.2) is 40.5 Å². The maximum Gasteiger partial charge on any atom is 0.435 e. The van der Waals surface area contributed by atoms with Crippen LogP contribution in [0.4, 0.5) is 18.9 Å². The fourth-order valence-electron chi connectivity index (χ4n) is 4.45. The smallest absolute Gasteiger partial charge is 0.435 e. The maximum absolute atomic E-state index is 13.1. The van der Waals surface area contributed by atoms with Gasteiger partial charge in [-0.25, -0.2) is 4.79 Å². The van der Waals surface area contributed by atoms with Crippen molar-refractivity contribution in [3.8, 4) is 0 Å². The molecule has 2 fully saturated rings. The number of hydrogen-bond acceptors (Lipinski definition) is 5. The molecule has 31 heavy (non-hydrogen) atoms.